The highest BCUT2D eigenvalue weighted by Crippen LogP contribution is 2.19. The Morgan fingerprint density at radius 3 is 2.48 bits per heavy atom. The van der Waals surface area contributed by atoms with Crippen molar-refractivity contribution in [1.29, 1.82) is 0 Å². The normalized spacial score (nSPS) is 13.7. The van der Waals surface area contributed by atoms with Crippen LogP contribution in [-0.2, 0) is 17.6 Å². The second-order valence-corrected chi connectivity index (χ2v) is 6.16. The fraction of sp³-hybridized carbons (Fsp3) is 0.444. The minimum absolute atomic E-state index is 0.0488. The quantitative estimate of drug-likeness (QED) is 0.806. The van der Waals surface area contributed by atoms with Crippen LogP contribution < -0.4 is 5.32 Å². The second-order valence-electron chi connectivity index (χ2n) is 6.16. The predicted molar refractivity (Wildman–Crippen MR) is 90.4 cm³/mol. The van der Waals surface area contributed by atoms with Crippen molar-refractivity contribution in [3.05, 3.63) is 52.8 Å². The fourth-order valence-corrected chi connectivity index (χ4v) is 2.74. The molecule has 0 spiro atoms. The van der Waals surface area contributed by atoms with Crippen LogP contribution in [0.4, 0.5) is 8.78 Å². The van der Waals surface area contributed by atoms with Gasteiger partial charge in [0.15, 0.2) is 0 Å². The number of aryl methyl sites for hydroxylation is 1. The van der Waals surface area contributed by atoms with Crippen molar-refractivity contribution in [2.24, 2.45) is 0 Å². The van der Waals surface area contributed by atoms with Crippen molar-refractivity contribution in [2.75, 3.05) is 0 Å². The molecule has 0 aliphatic carbocycles. The van der Waals surface area contributed by atoms with Crippen molar-refractivity contribution < 1.29 is 18.7 Å². The Balaban J connectivity index is 1.95. The van der Waals surface area contributed by atoms with Crippen LogP contribution in [0, 0.1) is 13.8 Å². The van der Waals surface area contributed by atoms with Gasteiger partial charge in [0.25, 0.3) is 0 Å². The number of hydrogen-bond acceptors (Lipinski definition) is 3. The van der Waals surface area contributed by atoms with Crippen molar-refractivity contribution >= 4 is 5.91 Å². The monoisotopic (exact) mass is 351 g/mol. The molecular weight excluding hydrogens is 328 g/mol. The first-order valence-electron chi connectivity index (χ1n) is 8.13. The first-order valence-corrected chi connectivity index (χ1v) is 8.13. The maximum absolute atomic E-state index is 12.8. The van der Waals surface area contributed by atoms with Crippen LogP contribution in [0.15, 0.2) is 30.3 Å². The van der Waals surface area contributed by atoms with Crippen molar-refractivity contribution in [2.45, 2.75) is 52.3 Å². The van der Waals surface area contributed by atoms with E-state index in [1.165, 1.54) is 6.92 Å². The Bertz CT molecular complexity index is 717. The number of nitrogens with zero attached hydrogens (tertiary/aromatic N) is 2. The summed E-state index contributed by atoms with van der Waals surface area (Å²) in [4.78, 5) is 12.2. The molecule has 2 N–H and O–H groups in total. The Morgan fingerprint density at radius 1 is 1.28 bits per heavy atom. The lowest BCUT2D eigenvalue weighted by Crippen LogP contribution is -2.42. The smallest absolute Gasteiger partial charge is 0.333 e. The molecule has 0 radical (unpaired) electrons. The lowest BCUT2D eigenvalue weighted by Gasteiger charge is -2.20. The third-order valence-corrected chi connectivity index (χ3v) is 4.25. The lowest BCUT2D eigenvalue weighted by molar-refractivity contribution is -0.121. The molecule has 2 rings (SSSR count). The molecule has 1 aromatic carbocycles. The van der Waals surface area contributed by atoms with E-state index in [2.05, 4.69) is 10.4 Å². The zero-order valence-corrected chi connectivity index (χ0v) is 14.5. The Morgan fingerprint density at radius 2 is 1.92 bits per heavy atom. The van der Waals surface area contributed by atoms with E-state index in [4.69, 9.17) is 0 Å². The average Bonchev–Trinajstić information content (AvgIpc) is 2.84. The van der Waals surface area contributed by atoms with Gasteiger partial charge in [0.1, 0.15) is 0 Å². The molecule has 25 heavy (non-hydrogen) atoms. The molecule has 1 aromatic heterocycles. The highest BCUT2D eigenvalue weighted by atomic mass is 19.3. The third-order valence-electron chi connectivity index (χ3n) is 4.25. The number of aliphatic hydroxyl groups excluding tert-OH is 1. The molecule has 0 aliphatic heterocycles. The summed E-state index contributed by atoms with van der Waals surface area (Å²) in [5.74, 6) is -0.334. The average molecular weight is 351 g/mol. The number of benzene rings is 1. The highest BCUT2D eigenvalue weighted by Gasteiger charge is 2.21. The summed E-state index contributed by atoms with van der Waals surface area (Å²) in [5, 5.41) is 16.7. The Labute approximate surface area is 145 Å². The van der Waals surface area contributed by atoms with Crippen LogP contribution in [-0.4, -0.2) is 32.9 Å². The van der Waals surface area contributed by atoms with Crippen LogP contribution in [0.25, 0.3) is 0 Å². The topological polar surface area (TPSA) is 67.2 Å². The number of alkyl halides is 2. The lowest BCUT2D eigenvalue weighted by atomic mass is 10.0. The number of carbonyl (C=O) groups excluding carboxylic acids is 1. The first-order chi connectivity index (χ1) is 11.8. The molecule has 2 aromatic rings. The molecular formula is C18H23F2N3O2. The van der Waals surface area contributed by atoms with Gasteiger partial charge in [-0.1, -0.05) is 30.3 Å². The molecule has 0 bridgehead atoms. The van der Waals surface area contributed by atoms with Crippen molar-refractivity contribution in [1.82, 2.24) is 15.1 Å². The number of hydrogen-bond donors (Lipinski definition) is 2. The van der Waals surface area contributed by atoms with Gasteiger partial charge in [-0.3, -0.25) is 4.79 Å². The number of aliphatic hydroxyl groups is 1. The largest absolute Gasteiger partial charge is 0.391 e. The van der Waals surface area contributed by atoms with Crippen LogP contribution >= 0.6 is 0 Å². The van der Waals surface area contributed by atoms with E-state index < -0.39 is 18.7 Å². The van der Waals surface area contributed by atoms with Crippen molar-refractivity contribution in [3.8, 4) is 0 Å². The van der Waals surface area contributed by atoms with Crippen LogP contribution in [0.1, 0.15) is 36.0 Å². The number of halogens is 2. The maximum atomic E-state index is 12.8. The Kier molecular flexibility index (Phi) is 6.25. The summed E-state index contributed by atoms with van der Waals surface area (Å²) in [7, 11) is 0. The molecule has 0 unspecified atom stereocenters. The van der Waals surface area contributed by atoms with Gasteiger partial charge in [0.05, 0.1) is 24.3 Å². The number of carbonyl (C=O) groups is 1. The zero-order chi connectivity index (χ0) is 18.6. The summed E-state index contributed by atoms with van der Waals surface area (Å²) in [6, 6.07) is 9.02. The molecule has 1 amide bonds. The van der Waals surface area contributed by atoms with Crippen molar-refractivity contribution in [3.63, 3.8) is 0 Å². The van der Waals surface area contributed by atoms with E-state index >= 15 is 0 Å². The SMILES string of the molecule is Cc1nn(C(F)F)c(C)c1CC(=O)N[C@H](C)[C@H](O)Cc1ccccc1. The van der Waals surface area contributed by atoms with Crippen LogP contribution in [0.2, 0.25) is 0 Å². The summed E-state index contributed by atoms with van der Waals surface area (Å²) >= 11 is 0. The summed E-state index contributed by atoms with van der Waals surface area (Å²) in [5.41, 5.74) is 2.15. The number of amides is 1. The van der Waals surface area contributed by atoms with E-state index in [9.17, 15) is 18.7 Å². The van der Waals surface area contributed by atoms with Gasteiger partial charge in [-0.25, -0.2) is 4.68 Å². The van der Waals surface area contributed by atoms with Gasteiger partial charge in [0, 0.05) is 17.7 Å². The zero-order valence-electron chi connectivity index (χ0n) is 14.5. The minimum Gasteiger partial charge on any atom is -0.391 e. The van der Waals surface area contributed by atoms with Crippen LogP contribution in [0.3, 0.4) is 0 Å². The van der Waals surface area contributed by atoms with Gasteiger partial charge in [0.2, 0.25) is 5.91 Å². The van der Waals surface area contributed by atoms with Gasteiger partial charge in [-0.2, -0.15) is 13.9 Å². The standard InChI is InChI=1S/C18H23F2N3O2/c1-11-15(13(3)23(22-11)18(19)20)10-17(25)21-12(2)16(24)9-14-7-5-4-6-8-14/h4-8,12,16,18,24H,9-10H2,1-3H3,(H,21,25)/t12-,16-/m1/s1. The van der Waals surface area contributed by atoms with E-state index in [0.717, 1.165) is 5.56 Å². The molecule has 2 atom stereocenters. The molecule has 0 fully saturated rings. The molecule has 0 aliphatic rings. The number of aromatic nitrogens is 2. The number of nitrogens with one attached hydrogen (secondary N) is 1. The molecule has 1 heterocycles. The second kappa shape index (κ2) is 8.20. The summed E-state index contributed by atoms with van der Waals surface area (Å²) in [6.45, 7) is 2.10. The van der Waals surface area contributed by atoms with E-state index in [1.54, 1.807) is 13.8 Å². The number of rotatable bonds is 7. The molecule has 7 heteroatoms. The summed E-state index contributed by atoms with van der Waals surface area (Å²) in [6.07, 6.45) is -0.367. The minimum atomic E-state index is -2.73. The highest BCUT2D eigenvalue weighted by molar-refractivity contribution is 5.79. The fourth-order valence-electron chi connectivity index (χ4n) is 2.74. The molecule has 0 saturated heterocycles. The van der Waals surface area contributed by atoms with Gasteiger partial charge in [-0.15, -0.1) is 0 Å². The summed E-state index contributed by atoms with van der Waals surface area (Å²) < 4.78 is 26.3. The molecule has 136 valence electrons. The van der Waals surface area contributed by atoms with E-state index in [0.29, 0.717) is 22.4 Å². The molecule has 5 nitrogen and oxygen atoms in total. The van der Waals surface area contributed by atoms with Gasteiger partial charge in [-0.05, 0) is 26.3 Å². The maximum Gasteiger partial charge on any atom is 0.333 e. The third kappa shape index (κ3) is 4.85. The van der Waals surface area contributed by atoms with E-state index in [-0.39, 0.29) is 18.0 Å². The van der Waals surface area contributed by atoms with Crippen LogP contribution in [0.5, 0.6) is 0 Å². The van der Waals surface area contributed by atoms with Gasteiger partial charge >= 0.3 is 6.55 Å². The van der Waals surface area contributed by atoms with E-state index in [1.807, 2.05) is 30.3 Å². The molecule has 0 saturated carbocycles. The first kappa shape index (κ1) is 19.1. The predicted octanol–water partition coefficient (Wildman–Crippen LogP) is 2.55. The Hall–Kier alpha value is -2.28. The van der Waals surface area contributed by atoms with Gasteiger partial charge < -0.3 is 10.4 Å².